The minimum absolute atomic E-state index is 0.0440. The van der Waals surface area contributed by atoms with Gasteiger partial charge in [-0.3, -0.25) is 5.01 Å². The highest BCUT2D eigenvalue weighted by molar-refractivity contribution is 4.80. The molecule has 5 nitrogen and oxygen atoms in total. The molecule has 2 rings (SSSR count). The summed E-state index contributed by atoms with van der Waals surface area (Å²) in [7, 11) is 0. The minimum atomic E-state index is 0.0440. The van der Waals surface area contributed by atoms with Crippen LogP contribution in [0.1, 0.15) is 0 Å². The summed E-state index contributed by atoms with van der Waals surface area (Å²) in [5, 5.41) is 5.00. The van der Waals surface area contributed by atoms with E-state index in [-0.39, 0.29) is 6.23 Å². The van der Waals surface area contributed by atoms with Crippen LogP contribution in [0.25, 0.3) is 0 Å². The van der Waals surface area contributed by atoms with Crippen LogP contribution in [0.15, 0.2) is 12.5 Å². The van der Waals surface area contributed by atoms with Gasteiger partial charge in [-0.1, -0.05) is 5.59 Å². The molecule has 1 unspecified atom stereocenters. The van der Waals surface area contributed by atoms with Crippen molar-refractivity contribution >= 4 is 0 Å². The fourth-order valence-corrected chi connectivity index (χ4v) is 1.10. The predicted molar refractivity (Wildman–Crippen MR) is 37.8 cm³/mol. The molecule has 1 fully saturated rings. The van der Waals surface area contributed by atoms with Gasteiger partial charge in [0, 0.05) is 13.1 Å². The third-order valence-corrected chi connectivity index (χ3v) is 1.67. The third kappa shape index (κ3) is 1.45. The van der Waals surface area contributed by atoms with Gasteiger partial charge in [-0.05, 0) is 0 Å². The van der Waals surface area contributed by atoms with Crippen LogP contribution in [-0.2, 0) is 9.57 Å². The topological polar surface area (TPSA) is 45.8 Å². The molecule has 11 heavy (non-hydrogen) atoms. The largest absolute Gasteiger partial charge is 0.395 e. The van der Waals surface area contributed by atoms with Gasteiger partial charge >= 0.3 is 0 Å². The van der Waals surface area contributed by atoms with Crippen molar-refractivity contribution in [1.82, 2.24) is 15.9 Å². The molecule has 2 aliphatic heterocycles. The molecule has 62 valence electrons. The maximum absolute atomic E-state index is 5.43. The number of morpholine rings is 1. The lowest BCUT2D eigenvalue weighted by molar-refractivity contribution is -0.115. The normalized spacial score (nSPS) is 30.5. The fraction of sp³-hybridized carbons (Fsp3) is 0.667. The second-order valence-corrected chi connectivity index (χ2v) is 2.43. The number of hydrogen-bond donors (Lipinski definition) is 2. The number of rotatable bonds is 1. The molecule has 0 radical (unpaired) electrons. The van der Waals surface area contributed by atoms with Crippen LogP contribution in [0.4, 0.5) is 0 Å². The molecule has 2 aliphatic rings. The van der Waals surface area contributed by atoms with Gasteiger partial charge in [0.05, 0.1) is 12.8 Å². The van der Waals surface area contributed by atoms with Gasteiger partial charge in [0.25, 0.3) is 0 Å². The average molecular weight is 157 g/mol. The summed E-state index contributed by atoms with van der Waals surface area (Å²) < 4.78 is 5.43. The Bertz CT molecular complexity index is 156. The molecule has 0 aliphatic carbocycles. The summed E-state index contributed by atoms with van der Waals surface area (Å²) in [4.78, 5) is 4.80. The average Bonchev–Trinajstić information content (AvgIpc) is 2.58. The Kier molecular flexibility index (Phi) is 1.93. The van der Waals surface area contributed by atoms with Crippen LogP contribution in [0.3, 0.4) is 0 Å². The van der Waals surface area contributed by atoms with Crippen molar-refractivity contribution < 1.29 is 9.57 Å². The van der Waals surface area contributed by atoms with Crippen molar-refractivity contribution in [2.75, 3.05) is 19.7 Å². The lowest BCUT2D eigenvalue weighted by atomic mass is 10.4. The van der Waals surface area contributed by atoms with Crippen molar-refractivity contribution in [3.05, 3.63) is 12.5 Å². The molecule has 1 saturated heterocycles. The maximum Gasteiger partial charge on any atom is 0.159 e. The Morgan fingerprint density at radius 3 is 3.18 bits per heavy atom. The highest BCUT2D eigenvalue weighted by atomic mass is 16.7. The van der Waals surface area contributed by atoms with Gasteiger partial charge in [0.15, 0.2) is 6.23 Å². The first-order valence-corrected chi connectivity index (χ1v) is 3.65. The van der Waals surface area contributed by atoms with Crippen LogP contribution in [0.5, 0.6) is 0 Å². The Morgan fingerprint density at radius 1 is 1.55 bits per heavy atom. The highest BCUT2D eigenvalue weighted by Crippen LogP contribution is 2.05. The summed E-state index contributed by atoms with van der Waals surface area (Å²) in [5.74, 6) is 0. The first-order chi connectivity index (χ1) is 5.47. The van der Waals surface area contributed by atoms with Crippen molar-refractivity contribution in [3.8, 4) is 0 Å². The molecule has 0 spiro atoms. The van der Waals surface area contributed by atoms with Gasteiger partial charge in [-0.15, -0.1) is 0 Å². The molecular weight excluding hydrogens is 146 g/mol. The Morgan fingerprint density at radius 2 is 2.55 bits per heavy atom. The van der Waals surface area contributed by atoms with E-state index in [0.29, 0.717) is 0 Å². The smallest absolute Gasteiger partial charge is 0.159 e. The molecule has 0 saturated carbocycles. The van der Waals surface area contributed by atoms with Crippen molar-refractivity contribution in [3.63, 3.8) is 0 Å². The standard InChI is InChI=1S/C6H11N3O2/c1-3-10-6(5-7-1)9-2-4-11-8-9/h2,4,6-8H,1,3,5H2. The highest BCUT2D eigenvalue weighted by Gasteiger charge is 2.20. The molecule has 0 bridgehead atoms. The van der Waals surface area contributed by atoms with Crippen molar-refractivity contribution in [1.29, 1.82) is 0 Å². The van der Waals surface area contributed by atoms with E-state index in [4.69, 9.17) is 9.57 Å². The maximum atomic E-state index is 5.43. The molecular formula is C6H11N3O2. The molecule has 1 atom stereocenters. The minimum Gasteiger partial charge on any atom is -0.395 e. The second-order valence-electron chi connectivity index (χ2n) is 2.43. The van der Waals surface area contributed by atoms with Crippen molar-refractivity contribution in [2.45, 2.75) is 6.23 Å². The van der Waals surface area contributed by atoms with Gasteiger partial charge in [0.1, 0.15) is 6.26 Å². The predicted octanol–water partition coefficient (Wildman–Crippen LogP) is -0.845. The third-order valence-electron chi connectivity index (χ3n) is 1.67. The van der Waals surface area contributed by atoms with Gasteiger partial charge in [-0.2, -0.15) is 0 Å². The second kappa shape index (κ2) is 3.08. The van der Waals surface area contributed by atoms with E-state index in [1.165, 1.54) is 0 Å². The van der Waals surface area contributed by atoms with Crippen molar-refractivity contribution in [2.24, 2.45) is 0 Å². The molecule has 0 aromatic rings. The number of hydrogen-bond acceptors (Lipinski definition) is 5. The SMILES string of the molecule is C1=CN(C2CNCCO2)NO1. The summed E-state index contributed by atoms with van der Waals surface area (Å²) in [6, 6.07) is 0. The molecule has 0 amide bonds. The fourth-order valence-electron chi connectivity index (χ4n) is 1.10. The first-order valence-electron chi connectivity index (χ1n) is 3.65. The summed E-state index contributed by atoms with van der Waals surface area (Å²) in [5.41, 5.74) is 2.68. The number of nitrogens with one attached hydrogen (secondary N) is 2. The zero-order chi connectivity index (χ0) is 7.52. The summed E-state index contributed by atoms with van der Waals surface area (Å²) in [6.07, 6.45) is 3.43. The zero-order valence-corrected chi connectivity index (χ0v) is 6.12. The van der Waals surface area contributed by atoms with Gasteiger partial charge < -0.3 is 14.9 Å². The number of hydrazine groups is 1. The molecule has 0 aromatic carbocycles. The Hall–Kier alpha value is -0.780. The summed E-state index contributed by atoms with van der Waals surface area (Å²) >= 11 is 0. The quantitative estimate of drug-likeness (QED) is 0.519. The Balaban J connectivity index is 1.87. The van der Waals surface area contributed by atoms with Crippen LogP contribution >= 0.6 is 0 Å². The lowest BCUT2D eigenvalue weighted by Crippen LogP contribution is -2.50. The molecule has 2 heterocycles. The van der Waals surface area contributed by atoms with Gasteiger partial charge in [-0.25, -0.2) is 0 Å². The van der Waals surface area contributed by atoms with E-state index in [1.807, 2.05) is 0 Å². The van der Waals surface area contributed by atoms with E-state index >= 15 is 0 Å². The van der Waals surface area contributed by atoms with Crippen LogP contribution < -0.4 is 10.9 Å². The van der Waals surface area contributed by atoms with Crippen LogP contribution in [0, 0.1) is 0 Å². The molecule has 2 N–H and O–H groups in total. The van der Waals surface area contributed by atoms with Gasteiger partial charge in [0.2, 0.25) is 0 Å². The van der Waals surface area contributed by atoms with E-state index < -0.39 is 0 Å². The number of nitrogens with zero attached hydrogens (tertiary/aromatic N) is 1. The Labute approximate surface area is 64.9 Å². The molecule has 0 aromatic heterocycles. The van der Waals surface area contributed by atoms with E-state index in [1.54, 1.807) is 17.5 Å². The van der Waals surface area contributed by atoms with Crippen LogP contribution in [-0.4, -0.2) is 30.9 Å². The lowest BCUT2D eigenvalue weighted by Gasteiger charge is -2.29. The van der Waals surface area contributed by atoms with E-state index in [9.17, 15) is 0 Å². The number of ether oxygens (including phenoxy) is 1. The van der Waals surface area contributed by atoms with Crippen LogP contribution in [0.2, 0.25) is 0 Å². The molecule has 5 heteroatoms. The van der Waals surface area contributed by atoms with E-state index in [2.05, 4.69) is 10.9 Å². The monoisotopic (exact) mass is 157 g/mol. The van der Waals surface area contributed by atoms with E-state index in [0.717, 1.165) is 19.7 Å². The summed E-state index contributed by atoms with van der Waals surface area (Å²) in [6.45, 7) is 2.49. The first kappa shape index (κ1) is 6.90. The zero-order valence-electron chi connectivity index (χ0n) is 6.12.